The molecule has 0 aliphatic heterocycles. The minimum atomic E-state index is 0.425. The Morgan fingerprint density at radius 1 is 0.810 bits per heavy atom. The van der Waals surface area contributed by atoms with E-state index in [9.17, 15) is 0 Å². The third kappa shape index (κ3) is 10.2. The highest BCUT2D eigenvalue weighted by atomic mass is 16.6. The summed E-state index contributed by atoms with van der Waals surface area (Å²) in [4.78, 5) is 0. The number of hydrogen-bond acceptors (Lipinski definition) is 5. The molecule has 1 N–H and O–H groups in total. The van der Waals surface area contributed by atoms with Gasteiger partial charge in [0.15, 0.2) is 0 Å². The standard InChI is InChI=1S/C16H33NO4/c1-3-5-6-18-7-8-19-9-10-20-11-12-21-16-13-15(14-16)17-4-2/h15-17H,3-14H2,1-2H3. The SMILES string of the molecule is CCCCOCCOCCOCCOC1CC(NCC)C1. The van der Waals surface area contributed by atoms with Gasteiger partial charge in [0.25, 0.3) is 0 Å². The number of rotatable bonds is 15. The lowest BCUT2D eigenvalue weighted by atomic mass is 9.89. The summed E-state index contributed by atoms with van der Waals surface area (Å²) < 4.78 is 22.0. The molecule has 0 aromatic heterocycles. The number of nitrogens with one attached hydrogen (secondary N) is 1. The van der Waals surface area contributed by atoms with Crippen LogP contribution in [0.15, 0.2) is 0 Å². The average molecular weight is 303 g/mol. The van der Waals surface area contributed by atoms with Crippen molar-refractivity contribution in [3.8, 4) is 0 Å². The summed E-state index contributed by atoms with van der Waals surface area (Å²) >= 11 is 0. The molecule has 0 aromatic carbocycles. The molecule has 0 heterocycles. The van der Waals surface area contributed by atoms with Crippen molar-refractivity contribution in [2.45, 2.75) is 51.7 Å². The van der Waals surface area contributed by atoms with Gasteiger partial charge < -0.3 is 24.3 Å². The van der Waals surface area contributed by atoms with E-state index in [1.54, 1.807) is 0 Å². The first-order valence-corrected chi connectivity index (χ1v) is 8.45. The molecule has 0 amide bonds. The van der Waals surface area contributed by atoms with Crippen LogP contribution in [0.5, 0.6) is 0 Å². The van der Waals surface area contributed by atoms with Crippen LogP contribution in [-0.2, 0) is 18.9 Å². The maximum Gasteiger partial charge on any atom is 0.0704 e. The zero-order valence-corrected chi connectivity index (χ0v) is 13.8. The van der Waals surface area contributed by atoms with Crippen molar-refractivity contribution in [3.63, 3.8) is 0 Å². The van der Waals surface area contributed by atoms with Crippen LogP contribution in [0.25, 0.3) is 0 Å². The van der Waals surface area contributed by atoms with Gasteiger partial charge in [-0.25, -0.2) is 0 Å². The molecule has 0 spiro atoms. The fourth-order valence-corrected chi connectivity index (χ4v) is 2.22. The van der Waals surface area contributed by atoms with Gasteiger partial charge in [-0.15, -0.1) is 0 Å². The van der Waals surface area contributed by atoms with Crippen LogP contribution in [0, 0.1) is 0 Å². The molecule has 1 aliphatic rings. The topological polar surface area (TPSA) is 49.0 Å². The van der Waals surface area contributed by atoms with Gasteiger partial charge in [-0.1, -0.05) is 20.3 Å². The predicted octanol–water partition coefficient (Wildman–Crippen LogP) is 1.99. The lowest BCUT2D eigenvalue weighted by Gasteiger charge is -2.35. The van der Waals surface area contributed by atoms with Gasteiger partial charge in [-0.2, -0.15) is 0 Å². The molecule has 21 heavy (non-hydrogen) atoms. The zero-order valence-electron chi connectivity index (χ0n) is 13.8. The van der Waals surface area contributed by atoms with E-state index in [0.29, 0.717) is 51.8 Å². The summed E-state index contributed by atoms with van der Waals surface area (Å²) in [5.74, 6) is 0. The highest BCUT2D eigenvalue weighted by Gasteiger charge is 2.28. The molecule has 1 fully saturated rings. The zero-order chi connectivity index (χ0) is 15.2. The monoisotopic (exact) mass is 303 g/mol. The summed E-state index contributed by atoms with van der Waals surface area (Å²) in [6.45, 7) is 10.1. The van der Waals surface area contributed by atoms with Crippen molar-refractivity contribution in [1.29, 1.82) is 0 Å². The molecule has 1 aliphatic carbocycles. The predicted molar refractivity (Wildman–Crippen MR) is 83.8 cm³/mol. The first-order valence-electron chi connectivity index (χ1n) is 8.45. The largest absolute Gasteiger partial charge is 0.379 e. The van der Waals surface area contributed by atoms with Gasteiger partial charge in [0.1, 0.15) is 0 Å². The van der Waals surface area contributed by atoms with Crippen molar-refractivity contribution >= 4 is 0 Å². The van der Waals surface area contributed by atoms with E-state index < -0.39 is 0 Å². The molecule has 1 saturated carbocycles. The smallest absolute Gasteiger partial charge is 0.0704 e. The second-order valence-corrected chi connectivity index (χ2v) is 5.41. The van der Waals surface area contributed by atoms with Crippen molar-refractivity contribution in [2.75, 3.05) is 52.8 Å². The van der Waals surface area contributed by atoms with Gasteiger partial charge in [0, 0.05) is 12.6 Å². The molecule has 0 unspecified atom stereocenters. The summed E-state index contributed by atoms with van der Waals surface area (Å²) in [6, 6.07) is 0.661. The van der Waals surface area contributed by atoms with Gasteiger partial charge >= 0.3 is 0 Å². The van der Waals surface area contributed by atoms with Gasteiger partial charge in [-0.3, -0.25) is 0 Å². The van der Waals surface area contributed by atoms with Crippen LogP contribution in [0.2, 0.25) is 0 Å². The number of unbranched alkanes of at least 4 members (excludes halogenated alkanes) is 1. The molecular weight excluding hydrogens is 270 g/mol. The molecule has 0 radical (unpaired) electrons. The van der Waals surface area contributed by atoms with Crippen molar-refractivity contribution in [1.82, 2.24) is 5.32 Å². The lowest BCUT2D eigenvalue weighted by molar-refractivity contribution is -0.0496. The van der Waals surface area contributed by atoms with Crippen LogP contribution < -0.4 is 5.32 Å². The minimum absolute atomic E-state index is 0.425. The second kappa shape index (κ2) is 13.5. The minimum Gasteiger partial charge on any atom is -0.379 e. The summed E-state index contributed by atoms with van der Waals surface area (Å²) in [6.07, 6.45) is 4.99. The Bertz CT molecular complexity index is 222. The van der Waals surface area contributed by atoms with Gasteiger partial charge in [-0.05, 0) is 25.8 Å². The third-order valence-electron chi connectivity index (χ3n) is 3.56. The number of ether oxygens (including phenoxy) is 4. The summed E-state index contributed by atoms with van der Waals surface area (Å²) in [5, 5.41) is 3.42. The Morgan fingerprint density at radius 2 is 1.38 bits per heavy atom. The Hall–Kier alpha value is -0.200. The molecule has 0 aromatic rings. The molecule has 126 valence electrons. The average Bonchev–Trinajstić information content (AvgIpc) is 2.45. The van der Waals surface area contributed by atoms with Crippen LogP contribution >= 0.6 is 0 Å². The van der Waals surface area contributed by atoms with E-state index in [-0.39, 0.29) is 0 Å². The van der Waals surface area contributed by atoms with E-state index >= 15 is 0 Å². The number of hydrogen-bond donors (Lipinski definition) is 1. The maximum absolute atomic E-state index is 5.71. The Morgan fingerprint density at radius 3 is 1.95 bits per heavy atom. The van der Waals surface area contributed by atoms with Gasteiger partial charge in [0.05, 0.1) is 45.7 Å². The van der Waals surface area contributed by atoms with E-state index in [0.717, 1.165) is 32.4 Å². The molecule has 5 nitrogen and oxygen atoms in total. The lowest BCUT2D eigenvalue weighted by Crippen LogP contribution is -2.45. The molecule has 0 saturated heterocycles. The van der Waals surface area contributed by atoms with Crippen molar-refractivity contribution < 1.29 is 18.9 Å². The van der Waals surface area contributed by atoms with Crippen LogP contribution in [0.1, 0.15) is 39.5 Å². The van der Waals surface area contributed by atoms with E-state index in [2.05, 4.69) is 19.2 Å². The Kier molecular flexibility index (Phi) is 12.1. The van der Waals surface area contributed by atoms with E-state index in [4.69, 9.17) is 18.9 Å². The van der Waals surface area contributed by atoms with E-state index in [1.165, 1.54) is 6.42 Å². The third-order valence-corrected chi connectivity index (χ3v) is 3.56. The van der Waals surface area contributed by atoms with Crippen LogP contribution in [0.4, 0.5) is 0 Å². The molecular formula is C16H33NO4. The van der Waals surface area contributed by atoms with E-state index in [1.807, 2.05) is 0 Å². The van der Waals surface area contributed by atoms with Crippen LogP contribution in [-0.4, -0.2) is 64.9 Å². The molecule has 0 bridgehead atoms. The molecule has 1 rings (SSSR count). The highest BCUT2D eigenvalue weighted by Crippen LogP contribution is 2.22. The second-order valence-electron chi connectivity index (χ2n) is 5.41. The first-order chi connectivity index (χ1) is 10.4. The van der Waals surface area contributed by atoms with Crippen molar-refractivity contribution in [3.05, 3.63) is 0 Å². The van der Waals surface area contributed by atoms with Gasteiger partial charge in [0.2, 0.25) is 0 Å². The molecule has 5 heteroatoms. The normalized spacial score (nSPS) is 21.4. The summed E-state index contributed by atoms with van der Waals surface area (Å²) in [7, 11) is 0. The Labute approximate surface area is 129 Å². The summed E-state index contributed by atoms with van der Waals surface area (Å²) in [5.41, 5.74) is 0. The first kappa shape index (κ1) is 18.8. The highest BCUT2D eigenvalue weighted by molar-refractivity contribution is 4.85. The fourth-order valence-electron chi connectivity index (χ4n) is 2.22. The Balaban J connectivity index is 1.68. The fraction of sp³-hybridized carbons (Fsp3) is 1.00. The maximum atomic E-state index is 5.71. The van der Waals surface area contributed by atoms with Crippen molar-refractivity contribution in [2.24, 2.45) is 0 Å². The quantitative estimate of drug-likeness (QED) is 0.469. The molecule has 0 atom stereocenters. The van der Waals surface area contributed by atoms with Crippen LogP contribution in [0.3, 0.4) is 0 Å².